The van der Waals surface area contributed by atoms with Gasteiger partial charge in [-0.05, 0) is 39.9 Å². The normalized spacial score (nSPS) is 31.5. The lowest BCUT2D eigenvalue weighted by Gasteiger charge is -2.33. The van der Waals surface area contributed by atoms with E-state index in [1.54, 1.807) is 26.0 Å². The molecule has 0 spiro atoms. The van der Waals surface area contributed by atoms with E-state index in [-0.39, 0.29) is 78.3 Å². The number of carbonyl (C=O) groups excluding carboxylic acids is 2. The number of carbonyl (C=O) groups is 2. The molecule has 10 atom stereocenters. The van der Waals surface area contributed by atoms with Crippen LogP contribution in [-0.2, 0) is 28.5 Å². The first-order chi connectivity index (χ1) is 30.8. The Morgan fingerprint density at radius 1 is 1.05 bits per heavy atom. The Kier molecular flexibility index (Phi) is 12.2. The van der Waals surface area contributed by atoms with Gasteiger partial charge in [-0.3, -0.25) is 19.2 Å². The van der Waals surface area contributed by atoms with E-state index in [0.29, 0.717) is 6.61 Å². The van der Waals surface area contributed by atoms with Crippen molar-refractivity contribution in [3.63, 3.8) is 0 Å². The number of nitrogens with zero attached hydrogens (tertiary/aromatic N) is 2. The van der Waals surface area contributed by atoms with Crippen LogP contribution in [0, 0.1) is 30.6 Å². The summed E-state index contributed by atoms with van der Waals surface area (Å²) in [6.45, 7) is 13.3. The molecule has 0 aliphatic carbocycles. The maximum absolute atomic E-state index is 14.8. The van der Waals surface area contributed by atoms with Crippen LogP contribution in [0.1, 0.15) is 53.5 Å². The number of methoxy groups -OCH3 is 1. The number of fused-ring (bicyclic) bond motifs is 9. The van der Waals surface area contributed by atoms with Crippen molar-refractivity contribution in [3.05, 3.63) is 79.5 Å². The van der Waals surface area contributed by atoms with E-state index < -0.39 is 82.4 Å². The Balaban J connectivity index is 1.34. The average Bonchev–Trinajstić information content (AvgIpc) is 3.90. The highest BCUT2D eigenvalue weighted by atomic mass is 16.7. The van der Waals surface area contributed by atoms with Gasteiger partial charge in [0.25, 0.3) is 5.91 Å². The minimum absolute atomic E-state index is 0.0383. The van der Waals surface area contributed by atoms with Gasteiger partial charge in [-0.15, -0.1) is 0 Å². The molecule has 6 heterocycles. The molecule has 9 rings (SSSR count). The number of aromatic nitrogens is 1. The van der Waals surface area contributed by atoms with E-state index in [2.05, 4.69) is 10.2 Å². The summed E-state index contributed by atoms with van der Waals surface area (Å²) in [5.41, 5.74) is -2.16. The van der Waals surface area contributed by atoms with Crippen LogP contribution < -0.4 is 30.9 Å². The molecule has 1 amide bonds. The van der Waals surface area contributed by atoms with Crippen molar-refractivity contribution >= 4 is 56.3 Å². The van der Waals surface area contributed by atoms with Crippen LogP contribution >= 0.6 is 0 Å². The number of rotatable bonds is 5. The quantitative estimate of drug-likeness (QED) is 0.121. The lowest BCUT2D eigenvalue weighted by atomic mass is 9.86. The molecule has 5 aliphatic rings. The third kappa shape index (κ3) is 8.08. The molecule has 346 valence electrons. The number of aliphatic hydroxyl groups is 2. The summed E-state index contributed by atoms with van der Waals surface area (Å²) in [4.78, 5) is 62.0. The van der Waals surface area contributed by atoms with Crippen molar-refractivity contribution in [1.29, 1.82) is 0 Å². The van der Waals surface area contributed by atoms with Gasteiger partial charge >= 0.3 is 11.8 Å². The predicted octanol–water partition coefficient (Wildman–Crippen LogP) is 4.66. The van der Waals surface area contributed by atoms with Gasteiger partial charge in [0.2, 0.25) is 10.9 Å². The van der Waals surface area contributed by atoms with Crippen molar-refractivity contribution in [2.75, 3.05) is 39.2 Å². The molecule has 1 aromatic heterocycles. The molecular weight excluding hydrogens is 843 g/mol. The highest BCUT2D eigenvalue weighted by Gasteiger charge is 2.50. The second-order valence-corrected chi connectivity index (χ2v) is 18.0. The van der Waals surface area contributed by atoms with Crippen molar-refractivity contribution in [3.8, 4) is 17.2 Å². The fourth-order valence-electron chi connectivity index (χ4n) is 9.50. The summed E-state index contributed by atoms with van der Waals surface area (Å²) in [5.74, 6) is -5.21. The van der Waals surface area contributed by atoms with Crippen LogP contribution in [0.25, 0.3) is 38.7 Å². The van der Waals surface area contributed by atoms with E-state index in [1.165, 1.54) is 52.4 Å². The number of benzene rings is 3. The monoisotopic (exact) mass is 897 g/mol. The zero-order valence-electron chi connectivity index (χ0n) is 37.8. The van der Waals surface area contributed by atoms with E-state index in [9.17, 15) is 34.5 Å². The number of esters is 1. The summed E-state index contributed by atoms with van der Waals surface area (Å²) in [6, 6.07) is 2.79. The molecule has 0 saturated carbocycles. The molecule has 17 heteroatoms. The Labute approximate surface area is 373 Å². The van der Waals surface area contributed by atoms with Gasteiger partial charge < -0.3 is 58.4 Å². The first-order valence-electron chi connectivity index (χ1n) is 21.8. The lowest BCUT2D eigenvalue weighted by Crippen LogP contribution is -2.46. The van der Waals surface area contributed by atoms with Crippen LogP contribution in [0.15, 0.2) is 62.3 Å². The lowest BCUT2D eigenvalue weighted by molar-refractivity contribution is -0.168. The number of aliphatic hydroxyl groups excluding tert-OH is 2. The average molecular weight is 898 g/mol. The molecule has 0 radical (unpaired) electrons. The van der Waals surface area contributed by atoms with Crippen LogP contribution in [0.3, 0.4) is 0 Å². The number of allylic oxidation sites excluding steroid dienone is 2. The van der Waals surface area contributed by atoms with Crippen molar-refractivity contribution in [1.82, 2.24) is 9.88 Å². The van der Waals surface area contributed by atoms with E-state index >= 15 is 0 Å². The number of aromatic hydroxyl groups is 1. The number of hydrogen-bond donors (Lipinski definition) is 4. The second kappa shape index (κ2) is 17.4. The topological polar surface area (TPSA) is 226 Å². The van der Waals surface area contributed by atoms with Crippen molar-refractivity contribution in [2.45, 2.75) is 91.2 Å². The number of ether oxygens (including phenoxy) is 6. The second-order valence-electron chi connectivity index (χ2n) is 18.0. The minimum atomic E-state index is -1.98. The number of phenolic OH excluding ortho intramolecular Hbond substituents is 1. The Hall–Kier alpha value is -6.01. The fourth-order valence-corrected chi connectivity index (χ4v) is 9.50. The zero-order chi connectivity index (χ0) is 46.8. The van der Waals surface area contributed by atoms with Crippen molar-refractivity contribution in [2.24, 2.45) is 23.7 Å². The maximum atomic E-state index is 14.8. The summed E-state index contributed by atoms with van der Waals surface area (Å²) in [5, 5.41) is 37.6. The number of amides is 1. The predicted molar refractivity (Wildman–Crippen MR) is 240 cm³/mol. The molecule has 3 aromatic carbocycles. The Bertz CT molecular complexity index is 2870. The van der Waals surface area contributed by atoms with Gasteiger partial charge in [0.15, 0.2) is 22.4 Å². The number of phenols is 1. The van der Waals surface area contributed by atoms with Gasteiger partial charge in [0.1, 0.15) is 40.7 Å². The van der Waals surface area contributed by atoms with Crippen molar-refractivity contribution < 1.29 is 57.7 Å². The highest BCUT2D eigenvalue weighted by Crippen LogP contribution is 2.43. The van der Waals surface area contributed by atoms with Gasteiger partial charge in [-0.1, -0.05) is 39.0 Å². The first-order valence-corrected chi connectivity index (χ1v) is 21.8. The van der Waals surface area contributed by atoms with Gasteiger partial charge in [0.05, 0.1) is 41.8 Å². The molecule has 17 nitrogen and oxygen atoms in total. The Morgan fingerprint density at radius 3 is 2.49 bits per heavy atom. The summed E-state index contributed by atoms with van der Waals surface area (Å²) in [6.07, 6.45) is 4.45. The summed E-state index contributed by atoms with van der Waals surface area (Å²) < 4.78 is 42.9. The third-order valence-corrected chi connectivity index (χ3v) is 13.3. The minimum Gasteiger partial charge on any atom is -0.507 e. The van der Waals surface area contributed by atoms with Crippen LogP contribution in [0.5, 0.6) is 17.2 Å². The number of likely N-dealkylation sites (tertiary alicyclic amines) is 1. The highest BCUT2D eigenvalue weighted by molar-refractivity contribution is 6.16. The molecule has 7 bridgehead atoms. The molecular formula is C48H55N3O14. The fraction of sp³-hybridized carbons (Fsp3) is 0.479. The van der Waals surface area contributed by atoms with Gasteiger partial charge in [-0.25, -0.2) is 4.98 Å². The molecule has 2 fully saturated rings. The largest absolute Gasteiger partial charge is 0.507 e. The standard InChI is InChI=1S/C48H55N3O14/c1-21-11-10-12-22(2)47(58)50-37-40(56)33-32(36-44(37)63-31-18-28(17-29(53)35(31)49-36)60-20-27-13-15-51(8)19-27)34-42(24(4)38(33)54)65-48(7,46(34)57)61-16-14-30(59-9)23(3)43(62-26(6)52)45-39(55)25(5)41(21)64-45/h10-12,14,16-18,21,23,25,27,30,39,41,43,45,54-55,57H,13,15,19-20H2,1-9H3,(H,50,58)/b11-10+,16-14+,22-12-/t21-,23+,25-,27?,30-,39+,41-,43+,45+,48-/m0/s1. The molecule has 4 aromatic rings. The maximum Gasteiger partial charge on any atom is 0.307 e. The number of nitrogens with one attached hydrogen (secondary N) is 1. The van der Waals surface area contributed by atoms with Gasteiger partial charge in [0, 0.05) is 79.8 Å². The number of anilines is 1. The molecule has 65 heavy (non-hydrogen) atoms. The van der Waals surface area contributed by atoms with E-state index in [0.717, 1.165) is 19.5 Å². The smallest absolute Gasteiger partial charge is 0.307 e. The molecule has 5 aliphatic heterocycles. The van der Waals surface area contributed by atoms with E-state index in [1.807, 2.05) is 27.0 Å². The number of hydrogen-bond acceptors (Lipinski definition) is 16. The van der Waals surface area contributed by atoms with Crippen LogP contribution in [0.4, 0.5) is 5.69 Å². The van der Waals surface area contributed by atoms with Crippen LogP contribution in [0.2, 0.25) is 0 Å². The SMILES string of the molecule is CO[C@H]1/C=C/O[C@@]2(C)Oc3c(C)c(O)c4c(=O)c(c5oc6cc(OCC7CCN(C)C7)cc(=O)c6nc5c4c3=C2O)NC(=O)/C(C)=C\C=C\[C@H](C)[C@@H]2O[C@H]([C@H](O)[C@@H]2C)[C@H](OC(C)=O)[C@@H]1C. The third-order valence-electron chi connectivity index (χ3n) is 13.3. The molecule has 2 saturated heterocycles. The van der Waals surface area contributed by atoms with E-state index in [4.69, 9.17) is 37.8 Å². The molecule has 1 unspecified atom stereocenters. The summed E-state index contributed by atoms with van der Waals surface area (Å²) in [7, 11) is 3.48. The van der Waals surface area contributed by atoms with Crippen LogP contribution in [-0.4, -0.2) is 107 Å². The zero-order valence-corrected chi connectivity index (χ0v) is 37.8. The Morgan fingerprint density at radius 2 is 1.80 bits per heavy atom. The summed E-state index contributed by atoms with van der Waals surface area (Å²) >= 11 is 0. The van der Waals surface area contributed by atoms with Gasteiger partial charge in [-0.2, -0.15) is 0 Å². The first kappa shape index (κ1) is 45.6. The molecule has 4 N–H and O–H groups in total.